The van der Waals surface area contributed by atoms with Crippen LogP contribution in [0.15, 0.2) is 29.3 Å². The number of methoxy groups -OCH3 is 1. The Hall–Kier alpha value is -1.06. The first kappa shape index (κ1) is 23.0. The number of benzene rings is 1. The maximum absolute atomic E-state index is 5.83. The third-order valence-electron chi connectivity index (χ3n) is 4.72. The second kappa shape index (κ2) is 10.9. The molecule has 1 aromatic carbocycles. The SMILES string of the molecule is CN=C(NCC(c1cccc(OC)c1)N(C)C)NCC1(C)CCCO1.I. The number of ether oxygens (including phenoxy) is 2. The number of aliphatic imine (C=N–C) groups is 1. The van der Waals surface area contributed by atoms with Crippen LogP contribution in [-0.4, -0.2) is 64.4 Å². The molecule has 0 radical (unpaired) electrons. The first-order chi connectivity index (χ1) is 12.0. The number of nitrogens with zero attached hydrogens (tertiary/aromatic N) is 2. The zero-order valence-electron chi connectivity index (χ0n) is 16.5. The average molecular weight is 476 g/mol. The third-order valence-corrected chi connectivity index (χ3v) is 4.72. The van der Waals surface area contributed by atoms with Gasteiger partial charge in [-0.2, -0.15) is 0 Å². The van der Waals surface area contributed by atoms with E-state index in [1.54, 1.807) is 14.2 Å². The molecule has 2 atom stereocenters. The van der Waals surface area contributed by atoms with Gasteiger partial charge in [0.05, 0.1) is 18.8 Å². The molecule has 0 aromatic heterocycles. The van der Waals surface area contributed by atoms with Crippen molar-refractivity contribution in [3.63, 3.8) is 0 Å². The van der Waals surface area contributed by atoms with Crippen molar-refractivity contribution in [1.29, 1.82) is 0 Å². The van der Waals surface area contributed by atoms with E-state index in [4.69, 9.17) is 9.47 Å². The van der Waals surface area contributed by atoms with Crippen molar-refractivity contribution in [2.45, 2.75) is 31.4 Å². The summed E-state index contributed by atoms with van der Waals surface area (Å²) in [5, 5.41) is 6.82. The van der Waals surface area contributed by atoms with Crippen molar-refractivity contribution >= 4 is 29.9 Å². The molecule has 2 N–H and O–H groups in total. The van der Waals surface area contributed by atoms with Crippen LogP contribution in [0, 0.1) is 0 Å². The molecule has 26 heavy (non-hydrogen) atoms. The summed E-state index contributed by atoms with van der Waals surface area (Å²) in [6.07, 6.45) is 2.21. The predicted octanol–water partition coefficient (Wildman–Crippen LogP) is 2.65. The van der Waals surface area contributed by atoms with Crippen LogP contribution in [0.5, 0.6) is 5.75 Å². The second-order valence-electron chi connectivity index (χ2n) is 6.96. The molecule has 1 aliphatic rings. The highest BCUT2D eigenvalue weighted by Gasteiger charge is 2.29. The molecule has 1 saturated heterocycles. The molecule has 148 valence electrons. The minimum Gasteiger partial charge on any atom is -0.497 e. The van der Waals surface area contributed by atoms with Crippen molar-refractivity contribution in [3.05, 3.63) is 29.8 Å². The van der Waals surface area contributed by atoms with Gasteiger partial charge in [-0.15, -0.1) is 24.0 Å². The minimum atomic E-state index is -0.0919. The first-order valence-electron chi connectivity index (χ1n) is 8.86. The van der Waals surface area contributed by atoms with Crippen LogP contribution in [0.4, 0.5) is 0 Å². The van der Waals surface area contributed by atoms with Crippen LogP contribution in [0.1, 0.15) is 31.4 Å². The van der Waals surface area contributed by atoms with Crippen molar-refractivity contribution < 1.29 is 9.47 Å². The van der Waals surface area contributed by atoms with Crippen molar-refractivity contribution in [3.8, 4) is 5.75 Å². The van der Waals surface area contributed by atoms with Crippen LogP contribution < -0.4 is 15.4 Å². The summed E-state index contributed by atoms with van der Waals surface area (Å²) in [6, 6.07) is 8.41. The zero-order valence-corrected chi connectivity index (χ0v) is 18.9. The fourth-order valence-electron chi connectivity index (χ4n) is 3.11. The van der Waals surface area contributed by atoms with Crippen molar-refractivity contribution in [2.75, 3.05) is 47.9 Å². The fourth-order valence-corrected chi connectivity index (χ4v) is 3.11. The van der Waals surface area contributed by atoms with E-state index in [0.29, 0.717) is 0 Å². The zero-order chi connectivity index (χ0) is 18.3. The Kier molecular flexibility index (Phi) is 9.67. The molecule has 2 unspecified atom stereocenters. The Balaban J connectivity index is 0.00000338. The first-order valence-corrected chi connectivity index (χ1v) is 8.86. The van der Waals surface area contributed by atoms with E-state index in [2.05, 4.69) is 53.7 Å². The maximum atomic E-state index is 5.83. The fraction of sp³-hybridized carbons (Fsp3) is 0.632. The standard InChI is InChI=1S/C19H32N4O2.HI/c1-19(10-7-11-25-19)14-22-18(20-2)21-13-17(23(3)4)15-8-6-9-16(12-15)24-5;/h6,8-9,12,17H,7,10-11,13-14H2,1-5H3,(H2,20,21,22);1H. The summed E-state index contributed by atoms with van der Waals surface area (Å²) >= 11 is 0. The number of hydrogen-bond acceptors (Lipinski definition) is 4. The van der Waals surface area contributed by atoms with Gasteiger partial charge >= 0.3 is 0 Å². The predicted molar refractivity (Wildman–Crippen MR) is 118 cm³/mol. The van der Waals surface area contributed by atoms with Gasteiger partial charge in [0, 0.05) is 26.7 Å². The van der Waals surface area contributed by atoms with Gasteiger partial charge in [0.25, 0.3) is 0 Å². The number of halogens is 1. The summed E-state index contributed by atoms with van der Waals surface area (Å²) in [5.74, 6) is 1.67. The quantitative estimate of drug-likeness (QED) is 0.360. The molecule has 0 bridgehead atoms. The number of guanidine groups is 1. The Labute approximate surface area is 174 Å². The second-order valence-corrected chi connectivity index (χ2v) is 6.96. The van der Waals surface area contributed by atoms with Gasteiger partial charge in [-0.05, 0) is 51.6 Å². The molecule has 2 rings (SSSR count). The highest BCUT2D eigenvalue weighted by atomic mass is 127. The van der Waals surface area contributed by atoms with E-state index < -0.39 is 0 Å². The molecule has 1 aliphatic heterocycles. The normalized spacial score (nSPS) is 21.2. The maximum Gasteiger partial charge on any atom is 0.191 e. The smallest absolute Gasteiger partial charge is 0.191 e. The van der Waals surface area contributed by atoms with Gasteiger partial charge in [0.2, 0.25) is 0 Å². The summed E-state index contributed by atoms with van der Waals surface area (Å²) in [7, 11) is 7.65. The summed E-state index contributed by atoms with van der Waals surface area (Å²) in [5.41, 5.74) is 1.11. The van der Waals surface area contributed by atoms with E-state index in [-0.39, 0.29) is 35.6 Å². The van der Waals surface area contributed by atoms with Crippen molar-refractivity contribution in [2.24, 2.45) is 4.99 Å². The lowest BCUT2D eigenvalue weighted by Gasteiger charge is -2.28. The monoisotopic (exact) mass is 476 g/mol. The van der Waals surface area contributed by atoms with Crippen LogP contribution in [0.3, 0.4) is 0 Å². The molecule has 6 nitrogen and oxygen atoms in total. The summed E-state index contributed by atoms with van der Waals surface area (Å²) in [4.78, 5) is 6.53. The molecular formula is C19H33IN4O2. The number of hydrogen-bond donors (Lipinski definition) is 2. The van der Waals surface area contributed by atoms with Gasteiger partial charge in [0.15, 0.2) is 5.96 Å². The topological polar surface area (TPSA) is 58.1 Å². The molecule has 0 amide bonds. The van der Waals surface area contributed by atoms with Gasteiger partial charge < -0.3 is 25.0 Å². The van der Waals surface area contributed by atoms with Gasteiger partial charge in [0.1, 0.15) is 5.75 Å². The van der Waals surface area contributed by atoms with Crippen LogP contribution in [0.2, 0.25) is 0 Å². The van der Waals surface area contributed by atoms with Crippen molar-refractivity contribution in [1.82, 2.24) is 15.5 Å². The highest BCUT2D eigenvalue weighted by Crippen LogP contribution is 2.24. The summed E-state index contributed by atoms with van der Waals surface area (Å²) in [6.45, 7) is 4.51. The summed E-state index contributed by atoms with van der Waals surface area (Å²) < 4.78 is 11.2. The van der Waals surface area contributed by atoms with Crippen LogP contribution in [0.25, 0.3) is 0 Å². The lowest BCUT2D eigenvalue weighted by Crippen LogP contribution is -2.47. The number of nitrogens with one attached hydrogen (secondary N) is 2. The van der Waals surface area contributed by atoms with E-state index >= 15 is 0 Å². The molecule has 0 aliphatic carbocycles. The average Bonchev–Trinajstić information content (AvgIpc) is 3.04. The molecule has 0 saturated carbocycles. The number of rotatable bonds is 7. The van der Waals surface area contributed by atoms with E-state index in [1.807, 2.05) is 12.1 Å². The van der Waals surface area contributed by atoms with E-state index in [0.717, 1.165) is 44.2 Å². The van der Waals surface area contributed by atoms with E-state index in [1.165, 1.54) is 5.56 Å². The molecule has 1 heterocycles. The van der Waals surface area contributed by atoms with E-state index in [9.17, 15) is 0 Å². The van der Waals surface area contributed by atoms with Crippen LogP contribution >= 0.6 is 24.0 Å². The third kappa shape index (κ3) is 6.59. The van der Waals surface area contributed by atoms with Gasteiger partial charge in [-0.3, -0.25) is 4.99 Å². The molecule has 1 fully saturated rings. The number of likely N-dealkylation sites (N-methyl/N-ethyl adjacent to an activating group) is 1. The highest BCUT2D eigenvalue weighted by molar-refractivity contribution is 14.0. The molecule has 1 aromatic rings. The van der Waals surface area contributed by atoms with Crippen LogP contribution in [-0.2, 0) is 4.74 Å². The van der Waals surface area contributed by atoms with Gasteiger partial charge in [-0.25, -0.2) is 0 Å². The Morgan fingerprint density at radius 2 is 2.15 bits per heavy atom. The van der Waals surface area contributed by atoms with Gasteiger partial charge in [-0.1, -0.05) is 12.1 Å². The Bertz CT molecular complexity index is 574. The minimum absolute atomic E-state index is 0. The largest absolute Gasteiger partial charge is 0.497 e. The Morgan fingerprint density at radius 3 is 2.73 bits per heavy atom. The molecule has 7 heteroatoms. The Morgan fingerprint density at radius 1 is 1.38 bits per heavy atom. The molecular weight excluding hydrogens is 443 g/mol. The molecule has 0 spiro atoms. The lowest BCUT2D eigenvalue weighted by atomic mass is 10.0. The lowest BCUT2D eigenvalue weighted by molar-refractivity contribution is 0.0242.